The van der Waals surface area contributed by atoms with Crippen molar-refractivity contribution in [1.29, 1.82) is 0 Å². The first-order valence-corrected chi connectivity index (χ1v) is 15.9. The molecule has 0 radical (unpaired) electrons. The van der Waals surface area contributed by atoms with Crippen LogP contribution in [0.3, 0.4) is 0 Å². The van der Waals surface area contributed by atoms with Gasteiger partial charge in [0.15, 0.2) is 0 Å². The maximum absolute atomic E-state index is 14.2. The van der Waals surface area contributed by atoms with Gasteiger partial charge >= 0.3 is 0 Å². The first-order valence-electron chi connectivity index (χ1n) is 15.9. The van der Waals surface area contributed by atoms with Gasteiger partial charge in [-0.3, -0.25) is 19.3 Å². The lowest BCUT2D eigenvalue weighted by Crippen LogP contribution is -2.64. The van der Waals surface area contributed by atoms with Crippen molar-refractivity contribution in [3.8, 4) is 0 Å². The van der Waals surface area contributed by atoms with E-state index in [0.717, 1.165) is 41.3 Å². The molecule has 2 aliphatic rings. The van der Waals surface area contributed by atoms with E-state index in [1.54, 1.807) is 31.2 Å². The van der Waals surface area contributed by atoms with Crippen LogP contribution in [0, 0.1) is 5.82 Å². The number of carbonyl (C=O) groups is 3. The molecule has 3 N–H and O–H groups in total. The fourth-order valence-corrected chi connectivity index (χ4v) is 6.54. The number of piperidine rings is 1. The van der Waals surface area contributed by atoms with Gasteiger partial charge in [-0.2, -0.15) is 0 Å². The second-order valence-electron chi connectivity index (χ2n) is 12.0. The lowest BCUT2D eigenvalue weighted by molar-refractivity contribution is -0.144. The highest BCUT2D eigenvalue weighted by Gasteiger charge is 2.39. The summed E-state index contributed by atoms with van der Waals surface area (Å²) >= 11 is 0. The fraction of sp³-hybridized carbons (Fsp3) is 0.457. The van der Waals surface area contributed by atoms with Crippen LogP contribution >= 0.6 is 0 Å². The maximum Gasteiger partial charge on any atom is 0.245 e. The maximum atomic E-state index is 14.2. The lowest BCUT2D eigenvalue weighted by Gasteiger charge is -2.45. The van der Waals surface area contributed by atoms with Crippen molar-refractivity contribution in [2.24, 2.45) is 0 Å². The zero-order valence-corrected chi connectivity index (χ0v) is 26.1. The topological polar surface area (TPSA) is 103 Å². The molecular formula is C35H44FN5O4. The van der Waals surface area contributed by atoms with Gasteiger partial charge in [0.1, 0.15) is 11.9 Å². The third-order valence-corrected chi connectivity index (χ3v) is 8.98. The van der Waals surface area contributed by atoms with Gasteiger partial charge in [-0.15, -0.1) is 0 Å². The summed E-state index contributed by atoms with van der Waals surface area (Å²) in [6, 6.07) is 18.5. The second kappa shape index (κ2) is 15.4. The van der Waals surface area contributed by atoms with E-state index in [1.165, 1.54) is 12.1 Å². The summed E-state index contributed by atoms with van der Waals surface area (Å²) in [7, 11) is 3.24. The molecule has 9 nitrogen and oxygen atoms in total. The Labute approximate surface area is 264 Å². The van der Waals surface area contributed by atoms with Gasteiger partial charge in [0.25, 0.3) is 0 Å². The van der Waals surface area contributed by atoms with E-state index in [0.29, 0.717) is 32.5 Å². The van der Waals surface area contributed by atoms with Crippen LogP contribution in [0.25, 0.3) is 10.8 Å². The number of halogens is 1. The standard InChI is InChI=1S/C35H44FN5O4/c1-37-34(43)32(21-25-10-13-26-7-3-4-8-27(26)19-25)40-17-18-41(29(22-40)23-45-2)35(44)31(20-24-11-14-28(36)15-12-24)39-33(42)30-9-5-6-16-38-30/h3-4,7-8,10-15,19,29-32,38H,5-6,9,16-18,20-23H2,1-2H3,(H,37,43)(H,39,42). The minimum absolute atomic E-state index is 0.0828. The number of amides is 3. The number of methoxy groups -OCH3 is 1. The summed E-state index contributed by atoms with van der Waals surface area (Å²) in [5, 5.41) is 11.4. The Morgan fingerprint density at radius 2 is 1.73 bits per heavy atom. The van der Waals surface area contributed by atoms with Gasteiger partial charge < -0.3 is 25.6 Å². The summed E-state index contributed by atoms with van der Waals surface area (Å²) in [4.78, 5) is 44.6. The lowest BCUT2D eigenvalue weighted by atomic mass is 9.98. The molecular weight excluding hydrogens is 573 g/mol. The third kappa shape index (κ3) is 8.25. The Morgan fingerprint density at radius 1 is 0.978 bits per heavy atom. The molecule has 3 aromatic rings. The number of hydrogen-bond donors (Lipinski definition) is 3. The van der Waals surface area contributed by atoms with E-state index in [9.17, 15) is 18.8 Å². The molecule has 2 saturated heterocycles. The van der Waals surface area contributed by atoms with Crippen LogP contribution in [0.4, 0.5) is 4.39 Å². The van der Waals surface area contributed by atoms with Gasteiger partial charge in [-0.05, 0) is 59.8 Å². The van der Waals surface area contributed by atoms with Gasteiger partial charge in [0.05, 0.1) is 24.7 Å². The number of nitrogens with one attached hydrogen (secondary N) is 3. The fourth-order valence-electron chi connectivity index (χ4n) is 6.54. The van der Waals surface area contributed by atoms with Crippen molar-refractivity contribution in [2.75, 3.05) is 46.9 Å². The number of rotatable bonds is 11. The zero-order valence-electron chi connectivity index (χ0n) is 26.1. The van der Waals surface area contributed by atoms with Crippen LogP contribution in [-0.4, -0.2) is 98.6 Å². The summed E-state index contributed by atoms with van der Waals surface area (Å²) in [6.07, 6.45) is 3.44. The molecule has 2 fully saturated rings. The molecule has 240 valence electrons. The van der Waals surface area contributed by atoms with Crippen LogP contribution in [0.2, 0.25) is 0 Å². The molecule has 0 bridgehead atoms. The van der Waals surface area contributed by atoms with Crippen LogP contribution in [0.1, 0.15) is 30.4 Å². The monoisotopic (exact) mass is 617 g/mol. The van der Waals surface area contributed by atoms with Crippen molar-refractivity contribution < 1.29 is 23.5 Å². The van der Waals surface area contributed by atoms with Gasteiger partial charge in [0.2, 0.25) is 17.7 Å². The highest BCUT2D eigenvalue weighted by Crippen LogP contribution is 2.22. The molecule has 0 aliphatic carbocycles. The minimum atomic E-state index is -0.829. The molecule has 0 saturated carbocycles. The average Bonchev–Trinajstić information content (AvgIpc) is 3.07. The minimum Gasteiger partial charge on any atom is -0.382 e. The van der Waals surface area contributed by atoms with E-state index in [2.05, 4.69) is 51.2 Å². The Morgan fingerprint density at radius 3 is 2.44 bits per heavy atom. The van der Waals surface area contributed by atoms with Crippen LogP contribution in [-0.2, 0) is 32.0 Å². The summed E-state index contributed by atoms with van der Waals surface area (Å²) in [6.45, 7) is 2.33. The number of hydrogen-bond acceptors (Lipinski definition) is 6. The number of nitrogens with zero attached hydrogens (tertiary/aromatic N) is 2. The molecule has 45 heavy (non-hydrogen) atoms. The molecule has 10 heteroatoms. The van der Waals surface area contributed by atoms with Crippen LogP contribution in [0.15, 0.2) is 66.7 Å². The smallest absolute Gasteiger partial charge is 0.245 e. The zero-order chi connectivity index (χ0) is 31.8. The molecule has 2 heterocycles. The predicted octanol–water partition coefficient (Wildman–Crippen LogP) is 2.66. The van der Waals surface area contributed by atoms with E-state index in [-0.39, 0.29) is 48.7 Å². The number of ether oxygens (including phenoxy) is 1. The van der Waals surface area contributed by atoms with Crippen molar-refractivity contribution >= 4 is 28.5 Å². The number of carbonyl (C=O) groups excluding carboxylic acids is 3. The number of likely N-dealkylation sites (N-methyl/N-ethyl adjacent to an activating group) is 1. The summed E-state index contributed by atoms with van der Waals surface area (Å²) in [5.74, 6) is -0.855. The Balaban J connectivity index is 1.34. The largest absolute Gasteiger partial charge is 0.382 e. The summed E-state index contributed by atoms with van der Waals surface area (Å²) < 4.78 is 19.2. The molecule has 3 amide bonds. The third-order valence-electron chi connectivity index (χ3n) is 8.98. The molecule has 0 spiro atoms. The molecule has 0 aromatic heterocycles. The molecule has 3 aromatic carbocycles. The molecule has 5 rings (SSSR count). The van der Waals surface area contributed by atoms with Crippen LogP contribution in [0.5, 0.6) is 0 Å². The summed E-state index contributed by atoms with van der Waals surface area (Å²) in [5.41, 5.74) is 1.81. The Kier molecular flexibility index (Phi) is 11.2. The van der Waals surface area contributed by atoms with Gasteiger partial charge in [-0.25, -0.2) is 4.39 Å². The van der Waals surface area contributed by atoms with E-state index in [1.807, 2.05) is 12.1 Å². The Hall–Kier alpha value is -3.86. The van der Waals surface area contributed by atoms with Gasteiger partial charge in [-0.1, -0.05) is 61.0 Å². The molecule has 4 atom stereocenters. The van der Waals surface area contributed by atoms with Crippen LogP contribution < -0.4 is 16.0 Å². The predicted molar refractivity (Wildman–Crippen MR) is 172 cm³/mol. The highest BCUT2D eigenvalue weighted by atomic mass is 19.1. The van der Waals surface area contributed by atoms with E-state index in [4.69, 9.17) is 4.74 Å². The second-order valence-corrected chi connectivity index (χ2v) is 12.0. The van der Waals surface area contributed by atoms with E-state index < -0.39 is 12.1 Å². The van der Waals surface area contributed by atoms with Crippen molar-refractivity contribution in [2.45, 2.75) is 56.3 Å². The average molecular weight is 618 g/mol. The quantitative estimate of drug-likeness (QED) is 0.306. The first-order chi connectivity index (χ1) is 21.9. The first kappa shape index (κ1) is 32.5. The normalized spacial score (nSPS) is 20.4. The molecule has 4 unspecified atom stereocenters. The van der Waals surface area contributed by atoms with Crippen molar-refractivity contribution in [3.63, 3.8) is 0 Å². The van der Waals surface area contributed by atoms with E-state index >= 15 is 0 Å². The Bertz CT molecular complexity index is 1460. The van der Waals surface area contributed by atoms with Crippen molar-refractivity contribution in [1.82, 2.24) is 25.8 Å². The number of piperazine rings is 1. The van der Waals surface area contributed by atoms with Crippen molar-refractivity contribution in [3.05, 3.63) is 83.7 Å². The highest BCUT2D eigenvalue weighted by molar-refractivity contribution is 5.90. The SMILES string of the molecule is CNC(=O)C(Cc1ccc2ccccc2c1)N1CCN(C(=O)C(Cc2ccc(F)cc2)NC(=O)C2CCCCN2)C(COC)C1. The van der Waals surface area contributed by atoms with Gasteiger partial charge in [0, 0.05) is 40.2 Å². The number of benzene rings is 3. The number of fused-ring (bicyclic) bond motifs is 1. The molecule has 2 aliphatic heterocycles.